The van der Waals surface area contributed by atoms with E-state index in [4.69, 9.17) is 11.6 Å². The summed E-state index contributed by atoms with van der Waals surface area (Å²) in [6.07, 6.45) is 3.93. The van der Waals surface area contributed by atoms with Gasteiger partial charge in [0, 0.05) is 24.3 Å². The maximum Gasteiger partial charge on any atom is 0.0637 e. The van der Waals surface area contributed by atoms with E-state index in [9.17, 15) is 0 Å². The van der Waals surface area contributed by atoms with Crippen LogP contribution in [0.15, 0.2) is 36.7 Å². The molecule has 0 radical (unpaired) electrons. The van der Waals surface area contributed by atoms with Crippen LogP contribution in [0, 0.1) is 0 Å². The molecule has 0 spiro atoms. The van der Waals surface area contributed by atoms with E-state index in [1.54, 1.807) is 0 Å². The highest BCUT2D eigenvalue weighted by Crippen LogP contribution is 2.21. The fourth-order valence-corrected chi connectivity index (χ4v) is 1.76. The second-order valence-electron chi connectivity index (χ2n) is 4.26. The largest absolute Gasteiger partial charge is 0.380 e. The van der Waals surface area contributed by atoms with Crippen molar-refractivity contribution in [2.75, 3.05) is 5.32 Å². The molecular weight excluding hydrogens is 234 g/mol. The predicted molar refractivity (Wildman–Crippen MR) is 71.4 cm³/mol. The Morgan fingerprint density at radius 1 is 1.35 bits per heavy atom. The highest BCUT2D eigenvalue weighted by Gasteiger charge is 2.02. The van der Waals surface area contributed by atoms with Crippen molar-refractivity contribution < 1.29 is 0 Å². The molecule has 0 saturated heterocycles. The van der Waals surface area contributed by atoms with Crippen LogP contribution in [0.1, 0.15) is 25.5 Å². The Morgan fingerprint density at radius 3 is 2.76 bits per heavy atom. The number of hydrogen-bond donors (Lipinski definition) is 1. The Labute approximate surface area is 106 Å². The van der Waals surface area contributed by atoms with Gasteiger partial charge in [0.1, 0.15) is 0 Å². The summed E-state index contributed by atoms with van der Waals surface area (Å²) in [5.74, 6) is 0. The molecule has 0 saturated carbocycles. The van der Waals surface area contributed by atoms with Crippen molar-refractivity contribution in [3.05, 3.63) is 47.2 Å². The fraction of sp³-hybridized carbons (Fsp3) is 0.308. The first-order chi connectivity index (χ1) is 8.16. The van der Waals surface area contributed by atoms with Crippen LogP contribution in [0.5, 0.6) is 0 Å². The van der Waals surface area contributed by atoms with Gasteiger partial charge in [-0.3, -0.25) is 4.68 Å². The molecule has 2 aromatic rings. The number of nitrogens with zero attached hydrogens (tertiary/aromatic N) is 2. The van der Waals surface area contributed by atoms with Crippen LogP contribution < -0.4 is 5.32 Å². The van der Waals surface area contributed by atoms with E-state index < -0.39 is 0 Å². The number of hydrogen-bond acceptors (Lipinski definition) is 2. The number of aromatic nitrogens is 2. The van der Waals surface area contributed by atoms with Gasteiger partial charge in [-0.1, -0.05) is 23.7 Å². The topological polar surface area (TPSA) is 29.9 Å². The van der Waals surface area contributed by atoms with Gasteiger partial charge < -0.3 is 5.32 Å². The minimum absolute atomic E-state index is 0.393. The third kappa shape index (κ3) is 3.01. The van der Waals surface area contributed by atoms with Crippen molar-refractivity contribution in [3.8, 4) is 0 Å². The van der Waals surface area contributed by atoms with Crippen molar-refractivity contribution in [1.29, 1.82) is 0 Å². The van der Waals surface area contributed by atoms with Crippen molar-refractivity contribution >= 4 is 17.3 Å². The molecule has 1 aromatic heterocycles. The minimum atomic E-state index is 0.393. The van der Waals surface area contributed by atoms with E-state index in [0.717, 1.165) is 22.8 Å². The number of para-hydroxylation sites is 1. The maximum absolute atomic E-state index is 6.06. The van der Waals surface area contributed by atoms with E-state index in [0.29, 0.717) is 6.04 Å². The summed E-state index contributed by atoms with van der Waals surface area (Å²) in [6.45, 7) is 4.95. The third-order valence-corrected chi connectivity index (χ3v) is 2.87. The van der Waals surface area contributed by atoms with Crippen molar-refractivity contribution in [2.24, 2.45) is 0 Å². The first kappa shape index (κ1) is 12.0. The van der Waals surface area contributed by atoms with Gasteiger partial charge in [0.15, 0.2) is 0 Å². The molecule has 0 unspecified atom stereocenters. The molecule has 0 aliphatic carbocycles. The van der Waals surface area contributed by atoms with Gasteiger partial charge in [-0.15, -0.1) is 0 Å². The van der Waals surface area contributed by atoms with Crippen LogP contribution in [0.25, 0.3) is 0 Å². The van der Waals surface area contributed by atoms with E-state index in [-0.39, 0.29) is 0 Å². The second-order valence-corrected chi connectivity index (χ2v) is 4.66. The Hall–Kier alpha value is -1.48. The molecule has 3 nitrogen and oxygen atoms in total. The van der Waals surface area contributed by atoms with Crippen LogP contribution in [0.4, 0.5) is 5.69 Å². The fourth-order valence-electron chi connectivity index (χ4n) is 1.55. The van der Waals surface area contributed by atoms with E-state index >= 15 is 0 Å². The molecule has 0 fully saturated rings. The van der Waals surface area contributed by atoms with Crippen LogP contribution in [0.3, 0.4) is 0 Å². The molecule has 17 heavy (non-hydrogen) atoms. The highest BCUT2D eigenvalue weighted by molar-refractivity contribution is 6.33. The number of benzene rings is 1. The second kappa shape index (κ2) is 5.23. The first-order valence-electron chi connectivity index (χ1n) is 5.68. The van der Waals surface area contributed by atoms with Gasteiger partial charge in [0.25, 0.3) is 0 Å². The van der Waals surface area contributed by atoms with Gasteiger partial charge in [-0.2, -0.15) is 5.10 Å². The van der Waals surface area contributed by atoms with Crippen LogP contribution >= 0.6 is 11.6 Å². The molecule has 4 heteroatoms. The predicted octanol–water partition coefficient (Wildman–Crippen LogP) is 3.73. The molecular formula is C13H16ClN3. The van der Waals surface area contributed by atoms with Crippen molar-refractivity contribution in [1.82, 2.24) is 9.78 Å². The van der Waals surface area contributed by atoms with E-state index in [1.165, 1.54) is 0 Å². The zero-order valence-corrected chi connectivity index (χ0v) is 10.8. The molecule has 0 atom stereocenters. The average Bonchev–Trinajstić information content (AvgIpc) is 2.77. The lowest BCUT2D eigenvalue weighted by molar-refractivity contribution is 0.532. The van der Waals surface area contributed by atoms with Crippen LogP contribution in [-0.2, 0) is 6.54 Å². The quantitative estimate of drug-likeness (QED) is 0.895. The molecule has 0 aliphatic rings. The van der Waals surface area contributed by atoms with Crippen molar-refractivity contribution in [3.63, 3.8) is 0 Å². The maximum atomic E-state index is 6.06. The molecule has 90 valence electrons. The lowest BCUT2D eigenvalue weighted by atomic mass is 10.3. The molecule has 0 bridgehead atoms. The van der Waals surface area contributed by atoms with Gasteiger partial charge in [-0.25, -0.2) is 0 Å². The Bertz CT molecular complexity index is 491. The number of halogens is 1. The zero-order valence-electron chi connectivity index (χ0n) is 10.0. The Kier molecular flexibility index (Phi) is 3.69. The normalized spacial score (nSPS) is 10.8. The van der Waals surface area contributed by atoms with Gasteiger partial charge in [0.2, 0.25) is 0 Å². The summed E-state index contributed by atoms with van der Waals surface area (Å²) in [5.41, 5.74) is 2.10. The summed E-state index contributed by atoms with van der Waals surface area (Å²) in [4.78, 5) is 0. The zero-order chi connectivity index (χ0) is 12.3. The Morgan fingerprint density at radius 2 is 2.12 bits per heavy atom. The van der Waals surface area contributed by atoms with Crippen LogP contribution in [0.2, 0.25) is 5.02 Å². The molecule has 1 aromatic carbocycles. The molecule has 2 rings (SSSR count). The lowest BCUT2D eigenvalue weighted by Gasteiger charge is -2.06. The smallest absolute Gasteiger partial charge is 0.0637 e. The standard InChI is InChI=1S/C13H16ClN3/c1-10(2)17-9-11(8-16-17)7-15-13-6-4-3-5-12(13)14/h3-6,8-10,15H,7H2,1-2H3. The van der Waals surface area contributed by atoms with E-state index in [1.807, 2.05) is 35.1 Å². The minimum Gasteiger partial charge on any atom is -0.380 e. The van der Waals surface area contributed by atoms with Gasteiger partial charge >= 0.3 is 0 Å². The summed E-state index contributed by atoms with van der Waals surface area (Å²) in [5, 5.41) is 8.33. The summed E-state index contributed by atoms with van der Waals surface area (Å²) >= 11 is 6.06. The summed E-state index contributed by atoms with van der Waals surface area (Å²) in [6, 6.07) is 8.12. The highest BCUT2D eigenvalue weighted by atomic mass is 35.5. The SMILES string of the molecule is CC(C)n1cc(CNc2ccccc2Cl)cn1. The molecule has 1 heterocycles. The molecule has 0 aliphatic heterocycles. The van der Waals surface area contributed by atoms with Gasteiger partial charge in [-0.05, 0) is 26.0 Å². The Balaban J connectivity index is 2.00. The number of anilines is 1. The molecule has 1 N–H and O–H groups in total. The van der Waals surface area contributed by atoms with Crippen LogP contribution in [-0.4, -0.2) is 9.78 Å². The summed E-state index contributed by atoms with van der Waals surface area (Å²) < 4.78 is 1.95. The number of nitrogens with one attached hydrogen (secondary N) is 1. The average molecular weight is 250 g/mol. The number of rotatable bonds is 4. The molecule has 0 amide bonds. The lowest BCUT2D eigenvalue weighted by Crippen LogP contribution is -2.01. The monoisotopic (exact) mass is 249 g/mol. The summed E-state index contributed by atoms with van der Waals surface area (Å²) in [7, 11) is 0. The van der Waals surface area contributed by atoms with Gasteiger partial charge in [0.05, 0.1) is 16.9 Å². The van der Waals surface area contributed by atoms with Crippen molar-refractivity contribution in [2.45, 2.75) is 26.4 Å². The third-order valence-electron chi connectivity index (χ3n) is 2.54. The van der Waals surface area contributed by atoms with E-state index in [2.05, 4.69) is 30.5 Å². The first-order valence-corrected chi connectivity index (χ1v) is 6.06.